The Morgan fingerprint density at radius 2 is 2.05 bits per heavy atom. The Morgan fingerprint density at radius 1 is 1.19 bits per heavy atom. The Morgan fingerprint density at radius 3 is 2.90 bits per heavy atom. The predicted molar refractivity (Wildman–Crippen MR) is 85.3 cm³/mol. The number of hydrogen-bond acceptors (Lipinski definition) is 3. The summed E-state index contributed by atoms with van der Waals surface area (Å²) < 4.78 is 2.39. The Kier molecular flexibility index (Phi) is 3.09. The third-order valence-corrected chi connectivity index (χ3v) is 4.95. The number of anilines is 2. The minimum Gasteiger partial charge on any atom is -0.398 e. The van der Waals surface area contributed by atoms with Gasteiger partial charge in [-0.3, -0.25) is 0 Å². The quantitative estimate of drug-likeness (QED) is 0.861. The number of nitrogens with two attached hydrogens (primary N) is 1. The molecule has 1 aliphatic carbocycles. The van der Waals surface area contributed by atoms with Crippen molar-refractivity contribution >= 4 is 11.6 Å². The molecule has 2 heterocycles. The minimum atomic E-state index is 0.643. The second-order valence-corrected chi connectivity index (χ2v) is 6.23. The van der Waals surface area contributed by atoms with Crippen LogP contribution in [0.3, 0.4) is 0 Å². The molecule has 0 spiro atoms. The average Bonchev–Trinajstić information content (AvgIpc) is 3.18. The van der Waals surface area contributed by atoms with Crippen LogP contribution in [0.15, 0.2) is 30.6 Å². The zero-order valence-corrected chi connectivity index (χ0v) is 12.3. The van der Waals surface area contributed by atoms with E-state index in [9.17, 15) is 0 Å². The maximum Gasteiger partial charge on any atom is 0.206 e. The van der Waals surface area contributed by atoms with Gasteiger partial charge in [0.15, 0.2) is 0 Å². The lowest BCUT2D eigenvalue weighted by Crippen LogP contribution is -2.33. The molecule has 0 amide bonds. The molecule has 1 aliphatic heterocycles. The summed E-state index contributed by atoms with van der Waals surface area (Å²) in [5.74, 6) is 1.13. The highest BCUT2D eigenvalue weighted by Crippen LogP contribution is 2.34. The van der Waals surface area contributed by atoms with E-state index in [0.717, 1.165) is 31.1 Å². The van der Waals surface area contributed by atoms with E-state index in [1.165, 1.54) is 36.8 Å². The second-order valence-electron chi connectivity index (χ2n) is 6.23. The topological polar surface area (TPSA) is 47.1 Å². The molecule has 4 nitrogen and oxygen atoms in total. The molecular formula is C17H22N4. The fourth-order valence-corrected chi connectivity index (χ4v) is 3.83. The Hall–Kier alpha value is -1.97. The van der Waals surface area contributed by atoms with Crippen molar-refractivity contribution in [1.29, 1.82) is 0 Å². The lowest BCUT2D eigenvalue weighted by atomic mass is 9.98. The van der Waals surface area contributed by atoms with Crippen LogP contribution < -0.4 is 10.6 Å². The van der Waals surface area contributed by atoms with Gasteiger partial charge in [-0.1, -0.05) is 25.0 Å². The average molecular weight is 282 g/mol. The van der Waals surface area contributed by atoms with Crippen LogP contribution in [0.1, 0.15) is 42.9 Å². The largest absolute Gasteiger partial charge is 0.398 e. The smallest absolute Gasteiger partial charge is 0.206 e. The fraction of sp³-hybridized carbons (Fsp3) is 0.471. The van der Waals surface area contributed by atoms with E-state index in [4.69, 9.17) is 5.73 Å². The standard InChI is InChI=1S/C17H22N4/c18-16-7-3-4-13-12-20(10-8-15(13)16)17-19-9-11-21(17)14-5-1-2-6-14/h3-4,7,9,11,14H,1-2,5-6,8,10,12,18H2. The number of rotatable bonds is 2. The Balaban J connectivity index is 1.62. The van der Waals surface area contributed by atoms with E-state index >= 15 is 0 Å². The van der Waals surface area contributed by atoms with Crippen LogP contribution in [0.5, 0.6) is 0 Å². The molecular weight excluding hydrogens is 260 g/mol. The third-order valence-electron chi connectivity index (χ3n) is 4.95. The van der Waals surface area contributed by atoms with Crippen LogP contribution in [0, 0.1) is 0 Å². The summed E-state index contributed by atoms with van der Waals surface area (Å²) in [5, 5.41) is 0. The highest BCUT2D eigenvalue weighted by atomic mass is 15.3. The fourth-order valence-electron chi connectivity index (χ4n) is 3.83. The molecule has 1 aromatic heterocycles. The summed E-state index contributed by atoms with van der Waals surface area (Å²) in [5.41, 5.74) is 9.71. The minimum absolute atomic E-state index is 0.643. The van der Waals surface area contributed by atoms with Gasteiger partial charge in [0.25, 0.3) is 0 Å². The van der Waals surface area contributed by atoms with Crippen molar-refractivity contribution < 1.29 is 0 Å². The van der Waals surface area contributed by atoms with Crippen molar-refractivity contribution in [3.63, 3.8) is 0 Å². The first-order chi connectivity index (χ1) is 10.3. The SMILES string of the molecule is Nc1cccc2c1CCN(c1nccn1C1CCCC1)C2. The molecule has 0 saturated heterocycles. The van der Waals surface area contributed by atoms with Crippen LogP contribution >= 0.6 is 0 Å². The van der Waals surface area contributed by atoms with Gasteiger partial charge in [-0.25, -0.2) is 4.98 Å². The third kappa shape index (κ3) is 2.19. The predicted octanol–water partition coefficient (Wildman–Crippen LogP) is 3.14. The van der Waals surface area contributed by atoms with Crippen molar-refractivity contribution in [2.45, 2.75) is 44.7 Å². The molecule has 4 heteroatoms. The normalized spacial score (nSPS) is 19.0. The van der Waals surface area contributed by atoms with Crippen LogP contribution in [0.2, 0.25) is 0 Å². The zero-order valence-electron chi connectivity index (χ0n) is 12.3. The van der Waals surface area contributed by atoms with Crippen LogP contribution in [-0.4, -0.2) is 16.1 Å². The number of imidazole rings is 1. The summed E-state index contributed by atoms with van der Waals surface area (Å²) in [7, 11) is 0. The van der Waals surface area contributed by atoms with Crippen LogP contribution in [0.25, 0.3) is 0 Å². The van der Waals surface area contributed by atoms with E-state index in [1.807, 2.05) is 12.3 Å². The lowest BCUT2D eigenvalue weighted by Gasteiger charge is -2.31. The second kappa shape index (κ2) is 5.10. The summed E-state index contributed by atoms with van der Waals surface area (Å²) in [6, 6.07) is 6.90. The van der Waals surface area contributed by atoms with Gasteiger partial charge in [0.2, 0.25) is 5.95 Å². The highest BCUT2D eigenvalue weighted by Gasteiger charge is 2.25. The molecule has 1 aromatic carbocycles. The lowest BCUT2D eigenvalue weighted by molar-refractivity contribution is 0.509. The molecule has 110 valence electrons. The molecule has 4 rings (SSSR count). The number of nitrogen functional groups attached to an aromatic ring is 1. The highest BCUT2D eigenvalue weighted by molar-refractivity contribution is 5.54. The van der Waals surface area contributed by atoms with Crippen LogP contribution in [0.4, 0.5) is 11.6 Å². The van der Waals surface area contributed by atoms with Gasteiger partial charge in [-0.2, -0.15) is 0 Å². The molecule has 2 N–H and O–H groups in total. The first-order valence-corrected chi connectivity index (χ1v) is 7.97. The molecule has 21 heavy (non-hydrogen) atoms. The van der Waals surface area contributed by atoms with E-state index in [1.54, 1.807) is 0 Å². The monoisotopic (exact) mass is 282 g/mol. The Bertz CT molecular complexity index is 640. The number of benzene rings is 1. The van der Waals surface area contributed by atoms with Crippen molar-refractivity contribution in [3.8, 4) is 0 Å². The zero-order chi connectivity index (χ0) is 14.2. The summed E-state index contributed by atoms with van der Waals surface area (Å²) in [6.07, 6.45) is 10.4. The molecule has 2 aromatic rings. The number of aromatic nitrogens is 2. The van der Waals surface area contributed by atoms with Crippen LogP contribution in [-0.2, 0) is 13.0 Å². The number of hydrogen-bond donors (Lipinski definition) is 1. The summed E-state index contributed by atoms with van der Waals surface area (Å²) in [6.45, 7) is 1.93. The maximum atomic E-state index is 6.10. The number of fused-ring (bicyclic) bond motifs is 1. The van der Waals surface area contributed by atoms with Gasteiger partial charge in [0, 0.05) is 37.2 Å². The van der Waals surface area contributed by atoms with Gasteiger partial charge >= 0.3 is 0 Å². The van der Waals surface area contributed by atoms with E-state index in [-0.39, 0.29) is 0 Å². The van der Waals surface area contributed by atoms with Crippen molar-refractivity contribution in [3.05, 3.63) is 41.7 Å². The van der Waals surface area contributed by atoms with E-state index < -0.39 is 0 Å². The molecule has 1 saturated carbocycles. The van der Waals surface area contributed by atoms with Gasteiger partial charge in [-0.15, -0.1) is 0 Å². The summed E-state index contributed by atoms with van der Waals surface area (Å²) >= 11 is 0. The van der Waals surface area contributed by atoms with Gasteiger partial charge in [0.05, 0.1) is 0 Å². The van der Waals surface area contributed by atoms with Crippen molar-refractivity contribution in [2.24, 2.45) is 0 Å². The first kappa shape index (κ1) is 12.7. The summed E-state index contributed by atoms with van der Waals surface area (Å²) in [4.78, 5) is 7.04. The molecule has 0 atom stereocenters. The van der Waals surface area contributed by atoms with E-state index in [2.05, 4.69) is 32.8 Å². The first-order valence-electron chi connectivity index (χ1n) is 7.97. The van der Waals surface area contributed by atoms with Crippen molar-refractivity contribution in [1.82, 2.24) is 9.55 Å². The van der Waals surface area contributed by atoms with Gasteiger partial charge < -0.3 is 15.2 Å². The molecule has 0 bridgehead atoms. The number of nitrogens with zero attached hydrogens (tertiary/aromatic N) is 3. The molecule has 1 fully saturated rings. The molecule has 0 radical (unpaired) electrons. The molecule has 2 aliphatic rings. The maximum absolute atomic E-state index is 6.10. The van der Waals surface area contributed by atoms with Gasteiger partial charge in [0.1, 0.15) is 0 Å². The molecule has 0 unspecified atom stereocenters. The van der Waals surface area contributed by atoms with Gasteiger partial charge in [-0.05, 0) is 36.5 Å². The van der Waals surface area contributed by atoms with E-state index in [0.29, 0.717) is 6.04 Å². The Labute approximate surface area is 125 Å². The van der Waals surface area contributed by atoms with Crippen molar-refractivity contribution in [2.75, 3.05) is 17.2 Å².